The van der Waals surface area contributed by atoms with Crippen molar-refractivity contribution in [2.24, 2.45) is 13.0 Å². The summed E-state index contributed by atoms with van der Waals surface area (Å²) in [5.74, 6) is 1.41. The first-order valence-electron chi connectivity index (χ1n) is 6.54. The molecule has 0 saturated carbocycles. The highest BCUT2D eigenvalue weighted by molar-refractivity contribution is 6.33. The van der Waals surface area contributed by atoms with Crippen LogP contribution in [0, 0.1) is 5.92 Å². The van der Waals surface area contributed by atoms with E-state index in [0.717, 1.165) is 23.4 Å². The summed E-state index contributed by atoms with van der Waals surface area (Å²) in [5, 5.41) is 5.43. The van der Waals surface area contributed by atoms with Crippen LogP contribution in [-0.4, -0.2) is 38.2 Å². The Morgan fingerprint density at radius 3 is 2.84 bits per heavy atom. The van der Waals surface area contributed by atoms with E-state index in [4.69, 9.17) is 11.6 Å². The van der Waals surface area contributed by atoms with Crippen LogP contribution in [0.2, 0.25) is 5.15 Å². The van der Waals surface area contributed by atoms with Gasteiger partial charge in [-0.05, 0) is 13.0 Å². The second-order valence-electron chi connectivity index (χ2n) is 5.15. The molecule has 0 radical (unpaired) electrons. The van der Waals surface area contributed by atoms with Gasteiger partial charge in [-0.15, -0.1) is 0 Å². The summed E-state index contributed by atoms with van der Waals surface area (Å²) < 4.78 is 1.72. The monoisotopic (exact) mass is 281 g/mol. The molecule has 2 rings (SSSR count). The summed E-state index contributed by atoms with van der Waals surface area (Å²) in [5.41, 5.74) is 0.784. The normalized spacial score (nSPS) is 13.4. The van der Waals surface area contributed by atoms with Crippen molar-refractivity contribution < 1.29 is 0 Å². The number of nitrogens with zero attached hydrogens (tertiary/aromatic N) is 5. The number of halogens is 1. The van der Waals surface area contributed by atoms with Gasteiger partial charge in [-0.1, -0.05) is 31.9 Å². The molecule has 0 aliphatic carbocycles. The molecule has 5 nitrogen and oxygen atoms in total. The lowest BCUT2D eigenvalue weighted by atomic mass is 10.1. The molecule has 2 aromatic heterocycles. The van der Waals surface area contributed by atoms with Crippen molar-refractivity contribution in [2.75, 3.05) is 13.6 Å². The van der Waals surface area contributed by atoms with Gasteiger partial charge in [0.2, 0.25) is 0 Å². The van der Waals surface area contributed by atoms with E-state index in [1.807, 2.05) is 7.05 Å². The van der Waals surface area contributed by atoms with Crippen molar-refractivity contribution in [1.29, 1.82) is 0 Å². The van der Waals surface area contributed by atoms with Crippen LogP contribution in [0.4, 0.5) is 0 Å². The molecule has 0 aliphatic heterocycles. The van der Waals surface area contributed by atoms with Crippen molar-refractivity contribution in [3.8, 4) is 0 Å². The summed E-state index contributed by atoms with van der Waals surface area (Å²) in [4.78, 5) is 11.1. The zero-order chi connectivity index (χ0) is 14.0. The highest BCUT2D eigenvalue weighted by atomic mass is 35.5. The van der Waals surface area contributed by atoms with E-state index in [2.05, 4.69) is 40.9 Å². The topological polar surface area (TPSA) is 46.8 Å². The van der Waals surface area contributed by atoms with Crippen molar-refractivity contribution >= 4 is 22.6 Å². The molecule has 0 N–H and O–H groups in total. The second kappa shape index (κ2) is 5.84. The molecule has 1 atom stereocenters. The molecule has 19 heavy (non-hydrogen) atoms. The van der Waals surface area contributed by atoms with Gasteiger partial charge in [0.25, 0.3) is 0 Å². The minimum atomic E-state index is 0.477. The van der Waals surface area contributed by atoms with Gasteiger partial charge in [0, 0.05) is 13.6 Å². The Morgan fingerprint density at radius 1 is 1.42 bits per heavy atom. The Hall–Kier alpha value is -1.20. The third kappa shape index (κ3) is 3.22. The van der Waals surface area contributed by atoms with Gasteiger partial charge in [0.05, 0.1) is 18.1 Å². The van der Waals surface area contributed by atoms with Crippen LogP contribution in [0.1, 0.15) is 26.1 Å². The number of aromatic nitrogens is 4. The standard InChI is InChI=1S/C13H20ClN5/c1-5-9(2)7-18(3)8-11-16-12(14)10-6-15-19(4)13(10)17-11/h6,9H,5,7-8H2,1-4H3. The molecule has 0 aliphatic rings. The summed E-state index contributed by atoms with van der Waals surface area (Å²) in [6.45, 7) is 6.17. The van der Waals surface area contributed by atoms with Crippen LogP contribution in [0.15, 0.2) is 6.20 Å². The van der Waals surface area contributed by atoms with Gasteiger partial charge in [0.1, 0.15) is 11.0 Å². The molecular weight excluding hydrogens is 262 g/mol. The Bertz CT molecular complexity index is 565. The number of hydrogen-bond donors (Lipinski definition) is 0. The lowest BCUT2D eigenvalue weighted by Crippen LogP contribution is -2.24. The van der Waals surface area contributed by atoms with Crippen LogP contribution in [0.3, 0.4) is 0 Å². The highest BCUT2D eigenvalue weighted by Gasteiger charge is 2.12. The van der Waals surface area contributed by atoms with E-state index < -0.39 is 0 Å². The molecule has 1 unspecified atom stereocenters. The van der Waals surface area contributed by atoms with E-state index in [9.17, 15) is 0 Å². The van der Waals surface area contributed by atoms with Crippen LogP contribution < -0.4 is 0 Å². The molecule has 2 aromatic rings. The molecule has 2 heterocycles. The molecule has 0 bridgehead atoms. The summed E-state index contributed by atoms with van der Waals surface area (Å²) in [6, 6.07) is 0. The maximum atomic E-state index is 6.17. The summed E-state index contributed by atoms with van der Waals surface area (Å²) in [7, 11) is 3.94. The third-order valence-corrected chi connectivity index (χ3v) is 3.61. The number of rotatable bonds is 5. The summed E-state index contributed by atoms with van der Waals surface area (Å²) in [6.07, 6.45) is 2.87. The van der Waals surface area contributed by atoms with Gasteiger partial charge in [-0.2, -0.15) is 5.10 Å². The first-order chi connectivity index (χ1) is 9.01. The lowest BCUT2D eigenvalue weighted by molar-refractivity contribution is 0.269. The van der Waals surface area contributed by atoms with Crippen molar-refractivity contribution in [3.63, 3.8) is 0 Å². The van der Waals surface area contributed by atoms with Gasteiger partial charge in [-0.25, -0.2) is 9.97 Å². The van der Waals surface area contributed by atoms with Crippen molar-refractivity contribution in [3.05, 3.63) is 17.2 Å². The largest absolute Gasteiger partial charge is 0.299 e. The van der Waals surface area contributed by atoms with Crippen molar-refractivity contribution in [1.82, 2.24) is 24.6 Å². The van der Waals surface area contributed by atoms with Crippen molar-refractivity contribution in [2.45, 2.75) is 26.8 Å². The number of hydrogen-bond acceptors (Lipinski definition) is 4. The van der Waals surface area contributed by atoms with E-state index >= 15 is 0 Å². The quantitative estimate of drug-likeness (QED) is 0.790. The van der Waals surface area contributed by atoms with Gasteiger partial charge >= 0.3 is 0 Å². The fourth-order valence-electron chi connectivity index (χ4n) is 2.07. The average molecular weight is 282 g/mol. The van der Waals surface area contributed by atoms with Crippen LogP contribution >= 0.6 is 11.6 Å². The van der Waals surface area contributed by atoms with Gasteiger partial charge < -0.3 is 0 Å². The first kappa shape index (κ1) is 14.2. The zero-order valence-electron chi connectivity index (χ0n) is 11.9. The number of fused-ring (bicyclic) bond motifs is 1. The fourth-order valence-corrected chi connectivity index (χ4v) is 2.30. The van der Waals surface area contributed by atoms with Crippen LogP contribution in [0.5, 0.6) is 0 Å². The molecule has 0 saturated heterocycles. The zero-order valence-corrected chi connectivity index (χ0v) is 12.6. The molecule has 0 fully saturated rings. The lowest BCUT2D eigenvalue weighted by Gasteiger charge is -2.19. The second-order valence-corrected chi connectivity index (χ2v) is 5.50. The molecular formula is C13H20ClN5. The Morgan fingerprint density at radius 2 is 2.16 bits per heavy atom. The van der Waals surface area contributed by atoms with Gasteiger partial charge in [0.15, 0.2) is 5.65 Å². The maximum absolute atomic E-state index is 6.17. The Kier molecular flexibility index (Phi) is 4.37. The average Bonchev–Trinajstić information content (AvgIpc) is 2.71. The smallest absolute Gasteiger partial charge is 0.162 e. The maximum Gasteiger partial charge on any atom is 0.162 e. The van der Waals surface area contributed by atoms with Gasteiger partial charge in [-0.3, -0.25) is 9.58 Å². The highest BCUT2D eigenvalue weighted by Crippen LogP contribution is 2.19. The molecule has 104 valence electrons. The van der Waals surface area contributed by atoms with Crippen LogP contribution in [-0.2, 0) is 13.6 Å². The minimum Gasteiger partial charge on any atom is -0.299 e. The third-order valence-electron chi connectivity index (χ3n) is 3.32. The SMILES string of the molecule is CCC(C)CN(C)Cc1nc(Cl)c2cnn(C)c2n1. The first-order valence-corrected chi connectivity index (χ1v) is 6.91. The number of aryl methyl sites for hydroxylation is 1. The Balaban J connectivity index is 2.19. The molecule has 0 spiro atoms. The Labute approximate surface area is 118 Å². The van der Waals surface area contributed by atoms with E-state index in [1.165, 1.54) is 6.42 Å². The minimum absolute atomic E-state index is 0.477. The van der Waals surface area contributed by atoms with E-state index in [-0.39, 0.29) is 0 Å². The molecule has 0 amide bonds. The predicted molar refractivity (Wildman–Crippen MR) is 77.1 cm³/mol. The molecule has 0 aromatic carbocycles. The fraction of sp³-hybridized carbons (Fsp3) is 0.615. The van der Waals surface area contributed by atoms with Crippen LogP contribution in [0.25, 0.3) is 11.0 Å². The molecule has 6 heteroatoms. The predicted octanol–water partition coefficient (Wildman–Crippen LogP) is 2.49. The summed E-state index contributed by atoms with van der Waals surface area (Å²) >= 11 is 6.17. The van der Waals surface area contributed by atoms with E-state index in [1.54, 1.807) is 10.9 Å². The van der Waals surface area contributed by atoms with E-state index in [0.29, 0.717) is 17.6 Å².